The van der Waals surface area contributed by atoms with Crippen LogP contribution in [0.1, 0.15) is 38.7 Å². The normalized spacial score (nSPS) is 16.4. The molecule has 1 amide bonds. The Labute approximate surface area is 121 Å². The molecule has 1 saturated heterocycles. The fourth-order valence-electron chi connectivity index (χ4n) is 2.57. The van der Waals surface area contributed by atoms with Crippen LogP contribution in [0.15, 0.2) is 24.3 Å². The summed E-state index contributed by atoms with van der Waals surface area (Å²) < 4.78 is 0. The topological polar surface area (TPSA) is 58.4 Å². The maximum absolute atomic E-state index is 11.9. The third kappa shape index (κ3) is 4.94. The third-order valence-electron chi connectivity index (χ3n) is 3.43. The number of hydrogen-bond donors (Lipinski definition) is 2. The second-order valence-electron chi connectivity index (χ2n) is 6.40. The van der Waals surface area contributed by atoms with Gasteiger partial charge in [-0.25, -0.2) is 0 Å². The Balaban J connectivity index is 1.93. The second-order valence-corrected chi connectivity index (χ2v) is 6.40. The number of hydrogen-bond acceptors (Lipinski definition) is 3. The summed E-state index contributed by atoms with van der Waals surface area (Å²) in [6, 6.07) is 8.09. The molecule has 2 rings (SSSR count). The van der Waals surface area contributed by atoms with E-state index >= 15 is 0 Å². The van der Waals surface area contributed by atoms with Gasteiger partial charge < -0.3 is 11.1 Å². The first-order chi connectivity index (χ1) is 9.42. The molecule has 0 saturated carbocycles. The number of rotatable bonds is 5. The van der Waals surface area contributed by atoms with Crippen molar-refractivity contribution in [2.75, 3.05) is 18.4 Å². The highest BCUT2D eigenvalue weighted by atomic mass is 16.1. The molecule has 1 aromatic carbocycles. The number of nitrogens with one attached hydrogen (secondary N) is 1. The minimum Gasteiger partial charge on any atom is -0.326 e. The predicted octanol–water partition coefficient (Wildman–Crippen LogP) is 2.35. The summed E-state index contributed by atoms with van der Waals surface area (Å²) in [4.78, 5) is 14.3. The number of benzene rings is 1. The van der Waals surface area contributed by atoms with Crippen molar-refractivity contribution in [1.82, 2.24) is 4.90 Å². The molecule has 0 aliphatic carbocycles. The van der Waals surface area contributed by atoms with E-state index in [1.54, 1.807) is 0 Å². The SMILES string of the molecule is CC(C)(N)CC(=O)Nc1cccc(CN2CCCC2)c1. The van der Waals surface area contributed by atoms with Crippen molar-refractivity contribution in [1.29, 1.82) is 0 Å². The molecular formula is C16H25N3O. The van der Waals surface area contributed by atoms with E-state index in [2.05, 4.69) is 22.3 Å². The van der Waals surface area contributed by atoms with E-state index in [4.69, 9.17) is 5.73 Å². The van der Waals surface area contributed by atoms with E-state index in [9.17, 15) is 4.79 Å². The third-order valence-corrected chi connectivity index (χ3v) is 3.43. The zero-order chi connectivity index (χ0) is 14.6. The molecule has 0 unspecified atom stereocenters. The van der Waals surface area contributed by atoms with Crippen LogP contribution in [0.25, 0.3) is 0 Å². The Hall–Kier alpha value is -1.39. The molecule has 4 nitrogen and oxygen atoms in total. The lowest BCUT2D eigenvalue weighted by molar-refractivity contribution is -0.117. The summed E-state index contributed by atoms with van der Waals surface area (Å²) in [6.45, 7) is 7.04. The molecule has 0 aromatic heterocycles. The molecule has 0 bridgehead atoms. The summed E-state index contributed by atoms with van der Waals surface area (Å²) in [5.41, 5.74) is 7.49. The minimum atomic E-state index is -0.475. The number of amides is 1. The van der Waals surface area contributed by atoms with Gasteiger partial charge in [0.15, 0.2) is 0 Å². The quantitative estimate of drug-likeness (QED) is 0.867. The number of nitrogens with zero attached hydrogens (tertiary/aromatic N) is 1. The van der Waals surface area contributed by atoms with Crippen molar-refractivity contribution in [2.45, 2.75) is 45.2 Å². The Kier molecular flexibility index (Phi) is 4.78. The summed E-state index contributed by atoms with van der Waals surface area (Å²) in [5.74, 6) is -0.0316. The van der Waals surface area contributed by atoms with Crippen molar-refractivity contribution < 1.29 is 4.79 Å². The fourth-order valence-corrected chi connectivity index (χ4v) is 2.57. The fraction of sp³-hybridized carbons (Fsp3) is 0.562. The summed E-state index contributed by atoms with van der Waals surface area (Å²) in [5, 5.41) is 2.93. The zero-order valence-corrected chi connectivity index (χ0v) is 12.5. The lowest BCUT2D eigenvalue weighted by Gasteiger charge is -2.18. The van der Waals surface area contributed by atoms with Gasteiger partial charge in [-0.05, 0) is 57.5 Å². The highest BCUT2D eigenvalue weighted by Gasteiger charge is 2.16. The predicted molar refractivity (Wildman–Crippen MR) is 82.5 cm³/mol. The molecule has 0 atom stereocenters. The molecule has 110 valence electrons. The zero-order valence-electron chi connectivity index (χ0n) is 12.5. The van der Waals surface area contributed by atoms with Crippen LogP contribution in [0.2, 0.25) is 0 Å². The van der Waals surface area contributed by atoms with Crippen LogP contribution in [-0.2, 0) is 11.3 Å². The van der Waals surface area contributed by atoms with Gasteiger partial charge in [0, 0.05) is 24.2 Å². The van der Waals surface area contributed by atoms with E-state index in [0.717, 1.165) is 12.2 Å². The van der Waals surface area contributed by atoms with Gasteiger partial charge in [0.05, 0.1) is 0 Å². The number of nitrogens with two attached hydrogens (primary N) is 1. The highest BCUT2D eigenvalue weighted by Crippen LogP contribution is 2.17. The van der Waals surface area contributed by atoms with E-state index in [1.807, 2.05) is 26.0 Å². The number of anilines is 1. The summed E-state index contributed by atoms with van der Waals surface area (Å²) >= 11 is 0. The van der Waals surface area contributed by atoms with E-state index in [1.165, 1.54) is 31.5 Å². The van der Waals surface area contributed by atoms with Gasteiger partial charge in [-0.2, -0.15) is 0 Å². The average Bonchev–Trinajstić information content (AvgIpc) is 2.79. The molecule has 4 heteroatoms. The monoisotopic (exact) mass is 275 g/mol. The summed E-state index contributed by atoms with van der Waals surface area (Å²) in [7, 11) is 0. The first-order valence-electron chi connectivity index (χ1n) is 7.32. The van der Waals surface area contributed by atoms with E-state index in [0.29, 0.717) is 6.42 Å². The average molecular weight is 275 g/mol. The minimum absolute atomic E-state index is 0.0316. The van der Waals surface area contributed by atoms with Crippen LogP contribution in [-0.4, -0.2) is 29.4 Å². The molecule has 1 aliphatic rings. The Morgan fingerprint density at radius 2 is 2.05 bits per heavy atom. The van der Waals surface area contributed by atoms with E-state index < -0.39 is 5.54 Å². The number of carbonyl (C=O) groups is 1. The van der Waals surface area contributed by atoms with Crippen molar-refractivity contribution in [3.8, 4) is 0 Å². The van der Waals surface area contributed by atoms with Crippen LogP contribution >= 0.6 is 0 Å². The van der Waals surface area contributed by atoms with Crippen molar-refractivity contribution in [3.63, 3.8) is 0 Å². The van der Waals surface area contributed by atoms with Crippen molar-refractivity contribution >= 4 is 11.6 Å². The molecule has 1 aromatic rings. The lowest BCUT2D eigenvalue weighted by Crippen LogP contribution is -2.36. The first-order valence-corrected chi connectivity index (χ1v) is 7.32. The Bertz CT molecular complexity index is 459. The van der Waals surface area contributed by atoms with Crippen LogP contribution in [0.3, 0.4) is 0 Å². The van der Waals surface area contributed by atoms with Gasteiger partial charge in [-0.1, -0.05) is 12.1 Å². The molecule has 0 spiro atoms. The van der Waals surface area contributed by atoms with Gasteiger partial charge in [0.1, 0.15) is 0 Å². The maximum Gasteiger partial charge on any atom is 0.226 e. The highest BCUT2D eigenvalue weighted by molar-refractivity contribution is 5.91. The standard InChI is InChI=1S/C16H25N3O/c1-16(2,17)11-15(20)18-14-7-5-6-13(10-14)12-19-8-3-4-9-19/h5-7,10H,3-4,8-9,11-12,17H2,1-2H3,(H,18,20). The van der Waals surface area contributed by atoms with Gasteiger partial charge in [-0.15, -0.1) is 0 Å². The van der Waals surface area contributed by atoms with Crippen LogP contribution in [0.5, 0.6) is 0 Å². The molecule has 1 aliphatic heterocycles. The van der Waals surface area contributed by atoms with Crippen molar-refractivity contribution in [2.24, 2.45) is 5.73 Å². The van der Waals surface area contributed by atoms with Gasteiger partial charge in [0.25, 0.3) is 0 Å². The van der Waals surface area contributed by atoms with E-state index in [-0.39, 0.29) is 5.91 Å². The molecule has 3 N–H and O–H groups in total. The summed E-state index contributed by atoms with van der Waals surface area (Å²) in [6.07, 6.45) is 2.91. The lowest BCUT2D eigenvalue weighted by atomic mass is 10.0. The van der Waals surface area contributed by atoms with Gasteiger partial charge >= 0.3 is 0 Å². The number of likely N-dealkylation sites (tertiary alicyclic amines) is 1. The van der Waals surface area contributed by atoms with Crippen molar-refractivity contribution in [3.05, 3.63) is 29.8 Å². The molecular weight excluding hydrogens is 250 g/mol. The van der Waals surface area contributed by atoms with Crippen LogP contribution in [0.4, 0.5) is 5.69 Å². The molecule has 1 heterocycles. The Morgan fingerprint density at radius 1 is 1.35 bits per heavy atom. The Morgan fingerprint density at radius 3 is 2.70 bits per heavy atom. The molecule has 1 fully saturated rings. The molecule has 20 heavy (non-hydrogen) atoms. The van der Waals surface area contributed by atoms with Gasteiger partial charge in [-0.3, -0.25) is 9.69 Å². The molecule has 0 radical (unpaired) electrons. The first kappa shape index (κ1) is 15.0. The van der Waals surface area contributed by atoms with Crippen LogP contribution < -0.4 is 11.1 Å². The van der Waals surface area contributed by atoms with Crippen LogP contribution in [0, 0.1) is 0 Å². The largest absolute Gasteiger partial charge is 0.326 e. The smallest absolute Gasteiger partial charge is 0.226 e. The second kappa shape index (κ2) is 6.37. The van der Waals surface area contributed by atoms with Gasteiger partial charge in [0.2, 0.25) is 5.91 Å². The maximum atomic E-state index is 11.9. The number of carbonyl (C=O) groups excluding carboxylic acids is 1.